The minimum absolute atomic E-state index is 0.0957. The van der Waals surface area contributed by atoms with Crippen LogP contribution in [-0.4, -0.2) is 33.3 Å². The van der Waals surface area contributed by atoms with Crippen LogP contribution in [-0.2, 0) is 0 Å². The van der Waals surface area contributed by atoms with Crippen LogP contribution in [0.2, 0.25) is 0 Å². The monoisotopic (exact) mass is 336 g/mol. The largest absolute Gasteiger partial charge is 0.334 e. The molecule has 1 aromatic heterocycles. The fourth-order valence-corrected chi connectivity index (χ4v) is 4.14. The maximum absolute atomic E-state index is 12.4. The minimum Gasteiger partial charge on any atom is -0.334 e. The van der Waals surface area contributed by atoms with Gasteiger partial charge in [-0.1, -0.05) is 31.1 Å². The van der Waals surface area contributed by atoms with E-state index in [1.54, 1.807) is 0 Å². The second kappa shape index (κ2) is 7.88. The molecule has 5 nitrogen and oxygen atoms in total. The second-order valence-electron chi connectivity index (χ2n) is 4.73. The first kappa shape index (κ1) is 16.4. The first-order valence-corrected chi connectivity index (χ1v) is 8.77. The van der Waals surface area contributed by atoms with Gasteiger partial charge in [0.05, 0.1) is 0 Å². The molecule has 2 amide bonds. The highest BCUT2D eigenvalue weighted by Gasteiger charge is 2.26. The van der Waals surface area contributed by atoms with Crippen LogP contribution in [0.5, 0.6) is 0 Å². The van der Waals surface area contributed by atoms with Gasteiger partial charge in [-0.15, -0.1) is 10.2 Å². The molecular weight excluding hydrogens is 318 g/mol. The van der Waals surface area contributed by atoms with Gasteiger partial charge in [-0.3, -0.25) is 5.32 Å². The Bertz CT molecular complexity index is 470. The molecule has 1 aliphatic carbocycles. The third-order valence-corrected chi connectivity index (χ3v) is 5.42. The highest BCUT2D eigenvalue weighted by atomic mass is 32.2. The van der Waals surface area contributed by atoms with Crippen molar-refractivity contribution in [1.29, 1.82) is 0 Å². The van der Waals surface area contributed by atoms with Gasteiger partial charge in [0.1, 0.15) is 0 Å². The predicted molar refractivity (Wildman–Crippen MR) is 81.2 cm³/mol. The Morgan fingerprint density at radius 1 is 1.43 bits per heavy atom. The third-order valence-electron chi connectivity index (χ3n) is 3.25. The van der Waals surface area contributed by atoms with Gasteiger partial charge in [-0.05, 0) is 18.6 Å². The summed E-state index contributed by atoms with van der Waals surface area (Å²) < 4.78 is 24.8. The fraction of sp³-hybridized carbons (Fsp3) is 0.750. The van der Waals surface area contributed by atoms with Crippen molar-refractivity contribution in [3.8, 4) is 0 Å². The molecule has 1 fully saturated rings. The summed E-state index contributed by atoms with van der Waals surface area (Å²) in [5.41, 5.74) is 0. The summed E-state index contributed by atoms with van der Waals surface area (Å²) in [5, 5.41) is 12.4. The summed E-state index contributed by atoms with van der Waals surface area (Å²) in [6, 6.07) is -0.285. The van der Waals surface area contributed by atoms with Gasteiger partial charge in [0.2, 0.25) is 5.13 Å². The van der Waals surface area contributed by atoms with Crippen molar-refractivity contribution in [2.45, 2.75) is 50.3 Å². The molecule has 0 bridgehead atoms. The second-order valence-corrected chi connectivity index (χ2v) is 7.25. The number of rotatable bonds is 5. The molecule has 2 rings (SSSR count). The average Bonchev–Trinajstić information content (AvgIpc) is 2.90. The minimum atomic E-state index is -2.66. The Balaban J connectivity index is 1.87. The van der Waals surface area contributed by atoms with Crippen molar-refractivity contribution in [2.75, 3.05) is 11.1 Å². The van der Waals surface area contributed by atoms with Crippen LogP contribution in [0.15, 0.2) is 0 Å². The number of nitrogens with zero attached hydrogens (tertiary/aromatic N) is 2. The van der Waals surface area contributed by atoms with E-state index < -0.39 is 12.5 Å². The molecule has 1 aliphatic rings. The molecule has 0 radical (unpaired) electrons. The molecule has 0 saturated heterocycles. The highest BCUT2D eigenvalue weighted by molar-refractivity contribution is 7.99. The van der Waals surface area contributed by atoms with Gasteiger partial charge >= 0.3 is 6.03 Å². The van der Waals surface area contributed by atoms with Crippen molar-refractivity contribution in [3.05, 3.63) is 5.01 Å². The summed E-state index contributed by atoms with van der Waals surface area (Å²) in [6.45, 7) is 2.10. The maximum atomic E-state index is 12.4. The molecule has 1 heterocycles. The summed E-state index contributed by atoms with van der Waals surface area (Å²) in [7, 11) is 0. The first-order chi connectivity index (χ1) is 10.1. The van der Waals surface area contributed by atoms with Gasteiger partial charge in [0, 0.05) is 11.3 Å². The number of anilines is 1. The third kappa shape index (κ3) is 4.77. The molecular formula is C12H18F2N4OS2. The molecule has 2 N–H and O–H groups in total. The van der Waals surface area contributed by atoms with Gasteiger partial charge < -0.3 is 5.32 Å². The van der Waals surface area contributed by atoms with Crippen molar-refractivity contribution >= 4 is 34.3 Å². The van der Waals surface area contributed by atoms with E-state index in [4.69, 9.17) is 0 Å². The zero-order valence-corrected chi connectivity index (χ0v) is 13.3. The number of carbonyl (C=O) groups is 1. The zero-order chi connectivity index (χ0) is 15.2. The first-order valence-electron chi connectivity index (χ1n) is 6.90. The van der Waals surface area contributed by atoms with Crippen LogP contribution < -0.4 is 10.6 Å². The molecule has 21 heavy (non-hydrogen) atoms. The Kier molecular flexibility index (Phi) is 6.16. The number of amides is 2. The lowest BCUT2D eigenvalue weighted by Crippen LogP contribution is -2.45. The lowest BCUT2D eigenvalue weighted by Gasteiger charge is -2.31. The molecule has 2 unspecified atom stereocenters. The van der Waals surface area contributed by atoms with Crippen molar-refractivity contribution in [1.82, 2.24) is 15.5 Å². The number of aromatic nitrogens is 2. The van der Waals surface area contributed by atoms with Crippen molar-refractivity contribution in [3.63, 3.8) is 0 Å². The highest BCUT2D eigenvalue weighted by Crippen LogP contribution is 2.29. The Hall–Kier alpha value is -0.960. The van der Waals surface area contributed by atoms with E-state index >= 15 is 0 Å². The Morgan fingerprint density at radius 2 is 2.19 bits per heavy atom. The summed E-state index contributed by atoms with van der Waals surface area (Å²) in [6.07, 6.45) is 1.66. The molecule has 2 atom stereocenters. The SMILES string of the molecule is CCSC1CCCCC1NC(=O)Nc1nnc(C(F)F)s1. The van der Waals surface area contributed by atoms with E-state index in [0.717, 1.165) is 25.0 Å². The van der Waals surface area contributed by atoms with Crippen LogP contribution in [0.25, 0.3) is 0 Å². The molecule has 118 valence electrons. The molecule has 1 aromatic rings. The van der Waals surface area contributed by atoms with Crippen LogP contribution in [0.4, 0.5) is 18.7 Å². The fourth-order valence-electron chi connectivity index (χ4n) is 2.35. The molecule has 0 aromatic carbocycles. The van der Waals surface area contributed by atoms with E-state index in [2.05, 4.69) is 27.8 Å². The summed E-state index contributed by atoms with van der Waals surface area (Å²) in [5.74, 6) is 1.01. The number of nitrogens with one attached hydrogen (secondary N) is 2. The topological polar surface area (TPSA) is 66.9 Å². The number of halogens is 2. The van der Waals surface area contributed by atoms with Crippen LogP contribution in [0.3, 0.4) is 0 Å². The standard InChI is InChI=1S/C12H18F2N4OS2/c1-2-20-8-6-4-3-5-7(8)15-11(19)16-12-18-17-10(21-12)9(13)14/h7-9H,2-6H2,1H3,(H2,15,16,18,19). The molecule has 9 heteroatoms. The van der Waals surface area contributed by atoms with E-state index in [-0.39, 0.29) is 16.2 Å². The Morgan fingerprint density at radius 3 is 2.86 bits per heavy atom. The number of hydrogen-bond donors (Lipinski definition) is 2. The summed E-state index contributed by atoms with van der Waals surface area (Å²) in [4.78, 5) is 11.9. The van der Waals surface area contributed by atoms with Crippen molar-refractivity contribution < 1.29 is 13.6 Å². The van der Waals surface area contributed by atoms with Gasteiger partial charge in [0.25, 0.3) is 6.43 Å². The van der Waals surface area contributed by atoms with E-state index in [0.29, 0.717) is 16.6 Å². The van der Waals surface area contributed by atoms with Gasteiger partial charge in [-0.25, -0.2) is 13.6 Å². The summed E-state index contributed by atoms with van der Waals surface area (Å²) >= 11 is 2.54. The van der Waals surface area contributed by atoms with Crippen LogP contribution in [0.1, 0.15) is 44.0 Å². The zero-order valence-electron chi connectivity index (χ0n) is 11.6. The lowest BCUT2D eigenvalue weighted by atomic mass is 9.95. The number of alkyl halides is 2. The van der Waals surface area contributed by atoms with E-state index in [9.17, 15) is 13.6 Å². The number of thioether (sulfide) groups is 1. The van der Waals surface area contributed by atoms with E-state index in [1.165, 1.54) is 6.42 Å². The lowest BCUT2D eigenvalue weighted by molar-refractivity contribution is 0.150. The Labute approximate surface area is 130 Å². The molecule has 0 spiro atoms. The van der Waals surface area contributed by atoms with Gasteiger partial charge in [-0.2, -0.15) is 11.8 Å². The average molecular weight is 336 g/mol. The maximum Gasteiger partial charge on any atom is 0.321 e. The number of carbonyl (C=O) groups excluding carboxylic acids is 1. The molecule has 0 aliphatic heterocycles. The van der Waals surface area contributed by atoms with Crippen LogP contribution in [0, 0.1) is 0 Å². The van der Waals surface area contributed by atoms with Crippen molar-refractivity contribution in [2.24, 2.45) is 0 Å². The molecule has 1 saturated carbocycles. The van der Waals surface area contributed by atoms with E-state index in [1.807, 2.05) is 11.8 Å². The predicted octanol–water partition coefficient (Wildman–Crippen LogP) is 3.66. The number of hydrogen-bond acceptors (Lipinski definition) is 5. The van der Waals surface area contributed by atoms with Gasteiger partial charge in [0.15, 0.2) is 5.01 Å². The van der Waals surface area contributed by atoms with Crippen LogP contribution >= 0.6 is 23.1 Å². The normalized spacial score (nSPS) is 22.3. The number of urea groups is 1. The smallest absolute Gasteiger partial charge is 0.321 e. The quantitative estimate of drug-likeness (QED) is 0.861.